The highest BCUT2D eigenvalue weighted by molar-refractivity contribution is 4.84. The lowest BCUT2D eigenvalue weighted by Crippen LogP contribution is -2.48. The molecule has 0 bridgehead atoms. The van der Waals surface area contributed by atoms with E-state index in [4.69, 9.17) is 0 Å². The minimum absolute atomic E-state index is 0.315. The van der Waals surface area contributed by atoms with Crippen molar-refractivity contribution < 1.29 is 0 Å². The van der Waals surface area contributed by atoms with E-state index in [0.29, 0.717) is 17.5 Å². The van der Waals surface area contributed by atoms with Gasteiger partial charge in [0, 0.05) is 18.6 Å². The number of hydrogen-bond acceptors (Lipinski definition) is 2. The van der Waals surface area contributed by atoms with Gasteiger partial charge >= 0.3 is 0 Å². The third kappa shape index (κ3) is 6.75. The molecule has 0 aromatic heterocycles. The fraction of sp³-hybridized carbons (Fsp3) is 1.00. The average molecular weight is 256 g/mol. The van der Waals surface area contributed by atoms with Gasteiger partial charge in [-0.3, -0.25) is 0 Å². The Bertz CT molecular complexity index is 211. The van der Waals surface area contributed by atoms with Crippen LogP contribution in [0.1, 0.15) is 61.3 Å². The van der Waals surface area contributed by atoms with E-state index in [-0.39, 0.29) is 0 Å². The topological polar surface area (TPSA) is 15.3 Å². The number of nitrogens with zero attached hydrogens (tertiary/aromatic N) is 1. The average Bonchev–Trinajstić information content (AvgIpc) is 2.24. The van der Waals surface area contributed by atoms with Gasteiger partial charge in [0.05, 0.1) is 0 Å². The molecule has 110 valence electrons. The Kier molecular flexibility index (Phi) is 8.13. The summed E-state index contributed by atoms with van der Waals surface area (Å²) >= 11 is 0. The molecule has 0 heterocycles. The molecule has 0 spiro atoms. The van der Waals surface area contributed by atoms with Crippen molar-refractivity contribution in [3.05, 3.63) is 0 Å². The molecule has 18 heavy (non-hydrogen) atoms. The molecule has 1 N–H and O–H groups in total. The summed E-state index contributed by atoms with van der Waals surface area (Å²) in [6, 6.07) is 1.23. The van der Waals surface area contributed by atoms with Gasteiger partial charge in [0.1, 0.15) is 0 Å². The minimum atomic E-state index is 0.315. The summed E-state index contributed by atoms with van der Waals surface area (Å²) in [5, 5.41) is 3.63. The lowest BCUT2D eigenvalue weighted by Gasteiger charge is -2.38. The maximum atomic E-state index is 3.63. The number of nitrogens with one attached hydrogen (secondary N) is 1. The van der Waals surface area contributed by atoms with E-state index in [1.165, 1.54) is 12.8 Å². The second-order valence-electron chi connectivity index (χ2n) is 7.06. The molecular formula is C16H36N2. The molecule has 0 rings (SSSR count). The molecule has 0 fully saturated rings. The molecular weight excluding hydrogens is 220 g/mol. The van der Waals surface area contributed by atoms with Crippen LogP contribution in [0.3, 0.4) is 0 Å². The van der Waals surface area contributed by atoms with Crippen molar-refractivity contribution in [1.29, 1.82) is 0 Å². The van der Waals surface area contributed by atoms with Crippen molar-refractivity contribution in [2.24, 2.45) is 11.3 Å². The molecule has 2 unspecified atom stereocenters. The Balaban J connectivity index is 4.28. The normalized spacial score (nSPS) is 16.3. The van der Waals surface area contributed by atoms with Crippen LogP contribution in [-0.2, 0) is 0 Å². The summed E-state index contributed by atoms with van der Waals surface area (Å²) in [5.74, 6) is 0.779. The zero-order chi connectivity index (χ0) is 14.3. The van der Waals surface area contributed by atoms with E-state index >= 15 is 0 Å². The molecule has 2 atom stereocenters. The second-order valence-corrected chi connectivity index (χ2v) is 7.06. The summed E-state index contributed by atoms with van der Waals surface area (Å²) in [6.45, 7) is 18.5. The quantitative estimate of drug-likeness (QED) is 0.675. The van der Waals surface area contributed by atoms with Crippen molar-refractivity contribution in [2.75, 3.05) is 20.1 Å². The third-order valence-electron chi connectivity index (χ3n) is 4.09. The van der Waals surface area contributed by atoms with Crippen LogP contribution in [-0.4, -0.2) is 37.1 Å². The van der Waals surface area contributed by atoms with Crippen molar-refractivity contribution in [3.8, 4) is 0 Å². The lowest BCUT2D eigenvalue weighted by atomic mass is 9.84. The van der Waals surface area contributed by atoms with Crippen LogP contribution in [0.5, 0.6) is 0 Å². The molecule has 0 aliphatic rings. The smallest absolute Gasteiger partial charge is 0.0102 e. The molecule has 0 saturated heterocycles. The summed E-state index contributed by atoms with van der Waals surface area (Å²) in [4.78, 5) is 2.52. The summed E-state index contributed by atoms with van der Waals surface area (Å²) in [5.41, 5.74) is 0.315. The Morgan fingerprint density at radius 1 is 1.11 bits per heavy atom. The first-order valence-electron chi connectivity index (χ1n) is 7.64. The molecule has 0 radical (unpaired) electrons. The van der Waals surface area contributed by atoms with Crippen LogP contribution in [0.2, 0.25) is 0 Å². The zero-order valence-corrected chi connectivity index (χ0v) is 14.0. The molecule has 0 amide bonds. The first-order valence-corrected chi connectivity index (χ1v) is 7.64. The van der Waals surface area contributed by atoms with Gasteiger partial charge in [-0.15, -0.1) is 0 Å². The highest BCUT2D eigenvalue weighted by atomic mass is 15.1. The maximum Gasteiger partial charge on any atom is 0.0102 e. The standard InChI is InChI=1S/C16H36N2/c1-9-10-17-15(5)16(6,7)12-18(8)14(4)11-13(2)3/h13-15,17H,9-12H2,1-8H3. The van der Waals surface area contributed by atoms with Crippen LogP contribution in [0.4, 0.5) is 0 Å². The molecule has 0 saturated carbocycles. The number of hydrogen-bond donors (Lipinski definition) is 1. The van der Waals surface area contributed by atoms with E-state index in [1.54, 1.807) is 0 Å². The predicted octanol–water partition coefficient (Wildman–Crippen LogP) is 3.77. The maximum absolute atomic E-state index is 3.63. The Labute approximate surface area is 116 Å². The fourth-order valence-electron chi connectivity index (χ4n) is 2.43. The molecule has 0 aliphatic heterocycles. The summed E-state index contributed by atoms with van der Waals surface area (Å²) in [7, 11) is 2.27. The van der Waals surface area contributed by atoms with E-state index < -0.39 is 0 Å². The molecule has 2 heteroatoms. The molecule has 2 nitrogen and oxygen atoms in total. The summed E-state index contributed by atoms with van der Waals surface area (Å²) in [6.07, 6.45) is 2.49. The monoisotopic (exact) mass is 256 g/mol. The first kappa shape index (κ1) is 17.9. The van der Waals surface area contributed by atoms with E-state index in [1.807, 2.05) is 0 Å². The third-order valence-corrected chi connectivity index (χ3v) is 4.09. The SMILES string of the molecule is CCCNC(C)C(C)(C)CN(C)C(C)CC(C)C. The predicted molar refractivity (Wildman–Crippen MR) is 83.1 cm³/mol. The Hall–Kier alpha value is -0.0800. The highest BCUT2D eigenvalue weighted by Crippen LogP contribution is 2.23. The fourth-order valence-corrected chi connectivity index (χ4v) is 2.43. The van der Waals surface area contributed by atoms with Crippen LogP contribution in [0.15, 0.2) is 0 Å². The van der Waals surface area contributed by atoms with E-state index in [9.17, 15) is 0 Å². The molecule has 0 aromatic rings. The van der Waals surface area contributed by atoms with Gasteiger partial charge in [-0.2, -0.15) is 0 Å². The largest absolute Gasteiger partial charge is 0.314 e. The minimum Gasteiger partial charge on any atom is -0.314 e. The van der Waals surface area contributed by atoms with Crippen molar-refractivity contribution in [2.45, 2.75) is 73.4 Å². The molecule has 0 aromatic carbocycles. The zero-order valence-electron chi connectivity index (χ0n) is 14.0. The lowest BCUT2D eigenvalue weighted by molar-refractivity contribution is 0.126. The second kappa shape index (κ2) is 8.16. The first-order chi connectivity index (χ1) is 8.20. The van der Waals surface area contributed by atoms with E-state index in [2.05, 4.69) is 65.7 Å². The Morgan fingerprint density at radius 3 is 2.11 bits per heavy atom. The van der Waals surface area contributed by atoms with Gasteiger partial charge in [0.15, 0.2) is 0 Å². The van der Waals surface area contributed by atoms with Gasteiger partial charge < -0.3 is 10.2 Å². The van der Waals surface area contributed by atoms with Gasteiger partial charge in [-0.25, -0.2) is 0 Å². The van der Waals surface area contributed by atoms with Crippen molar-refractivity contribution >= 4 is 0 Å². The van der Waals surface area contributed by atoms with Crippen molar-refractivity contribution in [1.82, 2.24) is 10.2 Å². The van der Waals surface area contributed by atoms with E-state index in [0.717, 1.165) is 19.0 Å². The molecule has 0 aliphatic carbocycles. The van der Waals surface area contributed by atoms with Gasteiger partial charge in [0.25, 0.3) is 0 Å². The van der Waals surface area contributed by atoms with Crippen LogP contribution in [0, 0.1) is 11.3 Å². The van der Waals surface area contributed by atoms with Gasteiger partial charge in [0.2, 0.25) is 0 Å². The van der Waals surface area contributed by atoms with Gasteiger partial charge in [-0.1, -0.05) is 34.6 Å². The highest BCUT2D eigenvalue weighted by Gasteiger charge is 2.28. The Morgan fingerprint density at radius 2 is 1.67 bits per heavy atom. The van der Waals surface area contributed by atoms with Crippen LogP contribution >= 0.6 is 0 Å². The van der Waals surface area contributed by atoms with Crippen molar-refractivity contribution in [3.63, 3.8) is 0 Å². The van der Waals surface area contributed by atoms with Crippen LogP contribution < -0.4 is 5.32 Å². The van der Waals surface area contributed by atoms with Gasteiger partial charge in [-0.05, 0) is 51.6 Å². The summed E-state index contributed by atoms with van der Waals surface area (Å²) < 4.78 is 0. The number of rotatable bonds is 9. The van der Waals surface area contributed by atoms with Crippen LogP contribution in [0.25, 0.3) is 0 Å².